The Kier molecular flexibility index (Phi) is 6.32. The molecule has 0 spiro atoms. The highest BCUT2D eigenvalue weighted by molar-refractivity contribution is 5.96. The highest BCUT2D eigenvalue weighted by Crippen LogP contribution is 2.29. The van der Waals surface area contributed by atoms with Crippen molar-refractivity contribution in [3.05, 3.63) is 58.9 Å². The maximum absolute atomic E-state index is 14.4. The summed E-state index contributed by atoms with van der Waals surface area (Å²) in [6, 6.07) is 10.1. The molecule has 1 atom stereocenters. The molecule has 25 heavy (non-hydrogen) atoms. The van der Waals surface area contributed by atoms with Crippen molar-refractivity contribution < 1.29 is 14.3 Å². The summed E-state index contributed by atoms with van der Waals surface area (Å²) in [7, 11) is 0. The van der Waals surface area contributed by atoms with Gasteiger partial charge in [-0.3, -0.25) is 4.79 Å². The molecule has 3 nitrogen and oxygen atoms in total. The molecule has 1 amide bonds. The van der Waals surface area contributed by atoms with Crippen LogP contribution in [0.5, 0.6) is 0 Å². The Hall–Kier alpha value is -2.20. The van der Waals surface area contributed by atoms with Gasteiger partial charge in [-0.1, -0.05) is 25.5 Å². The van der Waals surface area contributed by atoms with E-state index in [-0.39, 0.29) is 17.8 Å². The van der Waals surface area contributed by atoms with Crippen LogP contribution >= 0.6 is 0 Å². The van der Waals surface area contributed by atoms with Gasteiger partial charge >= 0.3 is 0 Å². The van der Waals surface area contributed by atoms with Gasteiger partial charge in [-0.15, -0.1) is 0 Å². The van der Waals surface area contributed by atoms with Crippen LogP contribution in [0.15, 0.2) is 36.4 Å². The molecule has 2 rings (SSSR count). The first-order valence-electron chi connectivity index (χ1n) is 8.72. The second-order valence-corrected chi connectivity index (χ2v) is 6.76. The molecule has 0 saturated carbocycles. The van der Waals surface area contributed by atoms with Gasteiger partial charge in [-0.05, 0) is 68.1 Å². The van der Waals surface area contributed by atoms with Crippen LogP contribution in [-0.4, -0.2) is 17.1 Å². The SMILES string of the molecule is CCCC(O)c1cc(C(=O)NC(C)C)cc(-c2ccc(C)cc2F)c1. The van der Waals surface area contributed by atoms with Crippen LogP contribution in [0.25, 0.3) is 11.1 Å². The molecule has 0 fully saturated rings. The third-order valence-electron chi connectivity index (χ3n) is 4.02. The van der Waals surface area contributed by atoms with E-state index in [2.05, 4.69) is 5.32 Å². The average molecular weight is 343 g/mol. The number of hydrogen-bond donors (Lipinski definition) is 2. The molecule has 0 aliphatic heterocycles. The van der Waals surface area contributed by atoms with Crippen molar-refractivity contribution in [2.24, 2.45) is 0 Å². The number of amides is 1. The van der Waals surface area contributed by atoms with Gasteiger partial charge in [0.05, 0.1) is 6.10 Å². The molecule has 1 unspecified atom stereocenters. The fourth-order valence-electron chi connectivity index (χ4n) is 2.77. The van der Waals surface area contributed by atoms with Crippen LogP contribution in [0.4, 0.5) is 4.39 Å². The summed E-state index contributed by atoms with van der Waals surface area (Å²) in [4.78, 5) is 12.4. The molecular weight excluding hydrogens is 317 g/mol. The number of halogens is 1. The zero-order valence-electron chi connectivity index (χ0n) is 15.3. The predicted molar refractivity (Wildman–Crippen MR) is 99.0 cm³/mol. The second kappa shape index (κ2) is 8.26. The van der Waals surface area contributed by atoms with E-state index in [1.165, 1.54) is 6.07 Å². The molecule has 0 aliphatic rings. The van der Waals surface area contributed by atoms with Crippen molar-refractivity contribution in [1.29, 1.82) is 0 Å². The van der Waals surface area contributed by atoms with E-state index in [4.69, 9.17) is 0 Å². The van der Waals surface area contributed by atoms with Crippen molar-refractivity contribution >= 4 is 5.91 Å². The molecule has 0 bridgehead atoms. The normalized spacial score (nSPS) is 12.3. The van der Waals surface area contributed by atoms with Gasteiger partial charge in [0.1, 0.15) is 5.82 Å². The molecule has 0 radical (unpaired) electrons. The molecular formula is C21H26FNO2. The molecule has 2 aromatic carbocycles. The molecule has 2 aromatic rings. The van der Waals surface area contributed by atoms with Crippen LogP contribution in [0.3, 0.4) is 0 Å². The number of rotatable bonds is 6. The Balaban J connectivity index is 2.54. The monoisotopic (exact) mass is 343 g/mol. The maximum atomic E-state index is 14.4. The lowest BCUT2D eigenvalue weighted by Gasteiger charge is -2.16. The fourth-order valence-corrected chi connectivity index (χ4v) is 2.77. The molecule has 0 aliphatic carbocycles. The highest BCUT2D eigenvalue weighted by Gasteiger charge is 2.16. The van der Waals surface area contributed by atoms with Gasteiger partial charge < -0.3 is 10.4 Å². The van der Waals surface area contributed by atoms with Gasteiger partial charge in [0, 0.05) is 17.2 Å². The van der Waals surface area contributed by atoms with Gasteiger partial charge in [-0.25, -0.2) is 4.39 Å². The predicted octanol–water partition coefficient (Wildman–Crippen LogP) is 4.77. The van der Waals surface area contributed by atoms with E-state index < -0.39 is 6.10 Å². The van der Waals surface area contributed by atoms with E-state index in [1.807, 2.05) is 33.8 Å². The summed E-state index contributed by atoms with van der Waals surface area (Å²) in [6.07, 6.45) is 0.729. The smallest absolute Gasteiger partial charge is 0.251 e. The van der Waals surface area contributed by atoms with Gasteiger partial charge in [-0.2, -0.15) is 0 Å². The Morgan fingerprint density at radius 1 is 1.20 bits per heavy atom. The van der Waals surface area contributed by atoms with Crippen molar-refractivity contribution in [3.8, 4) is 11.1 Å². The fraction of sp³-hybridized carbons (Fsp3) is 0.381. The van der Waals surface area contributed by atoms with Crippen molar-refractivity contribution in [1.82, 2.24) is 5.32 Å². The summed E-state index contributed by atoms with van der Waals surface area (Å²) in [6.45, 7) is 7.58. The van der Waals surface area contributed by atoms with Gasteiger partial charge in [0.15, 0.2) is 0 Å². The van der Waals surface area contributed by atoms with E-state index in [0.29, 0.717) is 28.7 Å². The van der Waals surface area contributed by atoms with Crippen LogP contribution in [-0.2, 0) is 0 Å². The van der Waals surface area contributed by atoms with Crippen LogP contribution in [0.2, 0.25) is 0 Å². The standard InChI is InChI=1S/C21H26FNO2/c1-5-6-20(24)16-10-15(18-8-7-14(4)9-19(18)22)11-17(12-16)21(25)23-13(2)3/h7-13,20,24H,5-6H2,1-4H3,(H,23,25). The lowest BCUT2D eigenvalue weighted by Crippen LogP contribution is -2.30. The maximum Gasteiger partial charge on any atom is 0.251 e. The Morgan fingerprint density at radius 2 is 1.92 bits per heavy atom. The topological polar surface area (TPSA) is 49.3 Å². The first-order valence-corrected chi connectivity index (χ1v) is 8.72. The number of benzene rings is 2. The second-order valence-electron chi connectivity index (χ2n) is 6.76. The zero-order chi connectivity index (χ0) is 18.6. The largest absolute Gasteiger partial charge is 0.388 e. The Bertz CT molecular complexity index is 756. The third kappa shape index (κ3) is 4.89. The minimum Gasteiger partial charge on any atom is -0.388 e. The molecule has 0 saturated heterocycles. The van der Waals surface area contributed by atoms with Crippen molar-refractivity contribution in [2.75, 3.05) is 0 Å². The van der Waals surface area contributed by atoms with Crippen LogP contribution < -0.4 is 5.32 Å². The number of carbonyl (C=O) groups is 1. The number of hydrogen-bond acceptors (Lipinski definition) is 2. The van der Waals surface area contributed by atoms with Crippen molar-refractivity contribution in [2.45, 2.75) is 52.7 Å². The van der Waals surface area contributed by atoms with E-state index in [1.54, 1.807) is 24.3 Å². The molecule has 0 heterocycles. The summed E-state index contributed by atoms with van der Waals surface area (Å²) in [5.41, 5.74) is 2.92. The summed E-state index contributed by atoms with van der Waals surface area (Å²) in [5.74, 6) is -0.563. The average Bonchev–Trinajstić information content (AvgIpc) is 2.54. The molecule has 4 heteroatoms. The molecule has 2 N–H and O–H groups in total. The quantitative estimate of drug-likeness (QED) is 0.793. The van der Waals surface area contributed by atoms with Crippen LogP contribution in [0.1, 0.15) is 61.2 Å². The third-order valence-corrected chi connectivity index (χ3v) is 4.02. The van der Waals surface area contributed by atoms with Crippen molar-refractivity contribution in [3.63, 3.8) is 0 Å². The number of aliphatic hydroxyl groups excluding tert-OH is 1. The summed E-state index contributed by atoms with van der Waals surface area (Å²) < 4.78 is 14.4. The van der Waals surface area contributed by atoms with E-state index in [0.717, 1.165) is 12.0 Å². The first-order chi connectivity index (χ1) is 11.8. The highest BCUT2D eigenvalue weighted by atomic mass is 19.1. The number of carbonyl (C=O) groups excluding carboxylic acids is 1. The summed E-state index contributed by atoms with van der Waals surface area (Å²) >= 11 is 0. The zero-order valence-corrected chi connectivity index (χ0v) is 15.3. The minimum atomic E-state index is -0.677. The number of nitrogens with one attached hydrogen (secondary N) is 1. The Morgan fingerprint density at radius 3 is 2.52 bits per heavy atom. The van der Waals surface area contributed by atoms with Crippen LogP contribution in [0, 0.1) is 12.7 Å². The molecule has 0 aromatic heterocycles. The van der Waals surface area contributed by atoms with E-state index in [9.17, 15) is 14.3 Å². The number of aliphatic hydroxyl groups is 1. The lowest BCUT2D eigenvalue weighted by atomic mass is 9.95. The first kappa shape index (κ1) is 19.1. The lowest BCUT2D eigenvalue weighted by molar-refractivity contribution is 0.0942. The number of aryl methyl sites for hydroxylation is 1. The van der Waals surface area contributed by atoms with Gasteiger partial charge in [0.2, 0.25) is 0 Å². The van der Waals surface area contributed by atoms with Gasteiger partial charge in [0.25, 0.3) is 5.91 Å². The Labute approximate surface area is 148 Å². The van der Waals surface area contributed by atoms with E-state index >= 15 is 0 Å². The summed E-state index contributed by atoms with van der Waals surface area (Å²) in [5, 5.41) is 13.2. The minimum absolute atomic E-state index is 0.00344. The molecule has 134 valence electrons.